The number of methoxy groups -OCH3 is 1. The molecule has 0 bridgehead atoms. The van der Waals surface area contributed by atoms with E-state index in [1.54, 1.807) is 13.0 Å². The zero-order valence-electron chi connectivity index (χ0n) is 9.95. The van der Waals surface area contributed by atoms with Gasteiger partial charge in [0, 0.05) is 6.07 Å². The van der Waals surface area contributed by atoms with E-state index in [9.17, 15) is 9.90 Å². The molecule has 1 atom stereocenters. The molecule has 90 valence electrons. The highest BCUT2D eigenvalue weighted by Crippen LogP contribution is 2.23. The van der Waals surface area contributed by atoms with E-state index in [0.717, 1.165) is 12.8 Å². The Morgan fingerprint density at radius 2 is 2.25 bits per heavy atom. The Labute approximate surface area is 94.9 Å². The SMILES string of the molecule is CCCC[C@H](O)c1cc(OC)c(C)c(=O)o1. The van der Waals surface area contributed by atoms with Crippen LogP contribution in [-0.4, -0.2) is 12.2 Å². The average Bonchev–Trinajstić information content (AvgIpc) is 2.29. The van der Waals surface area contributed by atoms with Crippen LogP contribution in [0.4, 0.5) is 0 Å². The highest BCUT2D eigenvalue weighted by Gasteiger charge is 2.14. The van der Waals surface area contributed by atoms with Crippen molar-refractivity contribution >= 4 is 0 Å². The third-order valence-electron chi connectivity index (χ3n) is 2.54. The van der Waals surface area contributed by atoms with Crippen molar-refractivity contribution in [1.82, 2.24) is 0 Å². The molecule has 1 aromatic heterocycles. The predicted octanol–water partition coefficient (Wildman–Crippen LogP) is 2.18. The second-order valence-electron chi connectivity index (χ2n) is 3.79. The molecule has 16 heavy (non-hydrogen) atoms. The van der Waals surface area contributed by atoms with E-state index in [1.165, 1.54) is 7.11 Å². The molecule has 0 amide bonds. The van der Waals surface area contributed by atoms with Crippen LogP contribution in [-0.2, 0) is 0 Å². The third kappa shape index (κ3) is 2.85. The summed E-state index contributed by atoms with van der Waals surface area (Å²) in [7, 11) is 1.49. The Balaban J connectivity index is 2.97. The van der Waals surface area contributed by atoms with Crippen LogP contribution in [0.2, 0.25) is 0 Å². The van der Waals surface area contributed by atoms with Gasteiger partial charge in [-0.2, -0.15) is 0 Å². The molecule has 0 saturated carbocycles. The molecule has 0 aliphatic rings. The molecule has 1 heterocycles. The molecule has 0 unspecified atom stereocenters. The molecule has 0 radical (unpaired) electrons. The summed E-state index contributed by atoms with van der Waals surface area (Å²) >= 11 is 0. The number of rotatable bonds is 5. The second-order valence-corrected chi connectivity index (χ2v) is 3.79. The summed E-state index contributed by atoms with van der Waals surface area (Å²) in [5.41, 5.74) is -0.0289. The van der Waals surface area contributed by atoms with Gasteiger partial charge in [0.2, 0.25) is 0 Å². The highest BCUT2D eigenvalue weighted by atomic mass is 16.5. The quantitative estimate of drug-likeness (QED) is 0.836. The number of aliphatic hydroxyl groups is 1. The van der Waals surface area contributed by atoms with Crippen LogP contribution >= 0.6 is 0 Å². The Kier molecular flexibility index (Phi) is 4.55. The molecule has 4 heteroatoms. The summed E-state index contributed by atoms with van der Waals surface area (Å²) in [5.74, 6) is 0.739. The molecule has 0 aliphatic heterocycles. The maximum atomic E-state index is 11.4. The Hall–Kier alpha value is -1.29. The van der Waals surface area contributed by atoms with Crippen molar-refractivity contribution in [3.63, 3.8) is 0 Å². The van der Waals surface area contributed by atoms with Crippen LogP contribution < -0.4 is 10.4 Å². The van der Waals surface area contributed by atoms with E-state index < -0.39 is 11.7 Å². The highest BCUT2D eigenvalue weighted by molar-refractivity contribution is 5.30. The summed E-state index contributed by atoms with van der Waals surface area (Å²) in [6.07, 6.45) is 1.74. The molecular formula is C12H18O4. The molecule has 0 saturated heterocycles. The van der Waals surface area contributed by atoms with E-state index in [1.807, 2.05) is 6.92 Å². The molecule has 0 aromatic carbocycles. The first-order chi connectivity index (χ1) is 7.60. The monoisotopic (exact) mass is 226 g/mol. The Morgan fingerprint density at radius 1 is 1.56 bits per heavy atom. The van der Waals surface area contributed by atoms with Gasteiger partial charge in [0.15, 0.2) is 0 Å². The normalized spacial score (nSPS) is 12.5. The van der Waals surface area contributed by atoms with Gasteiger partial charge in [-0.15, -0.1) is 0 Å². The lowest BCUT2D eigenvalue weighted by atomic mass is 10.1. The van der Waals surface area contributed by atoms with Crippen LogP contribution in [0.1, 0.15) is 43.6 Å². The molecule has 0 spiro atoms. The van der Waals surface area contributed by atoms with Gasteiger partial charge in [0.25, 0.3) is 0 Å². The lowest BCUT2D eigenvalue weighted by Crippen LogP contribution is -2.10. The van der Waals surface area contributed by atoms with Crippen molar-refractivity contribution in [2.24, 2.45) is 0 Å². The zero-order valence-corrected chi connectivity index (χ0v) is 9.95. The van der Waals surface area contributed by atoms with Crippen molar-refractivity contribution in [3.8, 4) is 5.75 Å². The van der Waals surface area contributed by atoms with Crippen LogP contribution in [0.5, 0.6) is 5.75 Å². The van der Waals surface area contributed by atoms with Gasteiger partial charge in [0.1, 0.15) is 17.6 Å². The van der Waals surface area contributed by atoms with Gasteiger partial charge in [-0.25, -0.2) is 4.79 Å². The van der Waals surface area contributed by atoms with Crippen LogP contribution in [0.15, 0.2) is 15.3 Å². The molecular weight excluding hydrogens is 208 g/mol. The van der Waals surface area contributed by atoms with Gasteiger partial charge in [-0.3, -0.25) is 0 Å². The first kappa shape index (κ1) is 12.8. The minimum Gasteiger partial charge on any atom is -0.496 e. The van der Waals surface area contributed by atoms with E-state index in [4.69, 9.17) is 9.15 Å². The van der Waals surface area contributed by atoms with Crippen molar-refractivity contribution < 1.29 is 14.3 Å². The van der Waals surface area contributed by atoms with E-state index in [0.29, 0.717) is 17.7 Å². The zero-order chi connectivity index (χ0) is 12.1. The maximum Gasteiger partial charge on any atom is 0.342 e. The standard InChI is InChI=1S/C12H18O4/c1-4-5-6-9(13)11-7-10(15-3)8(2)12(14)16-11/h7,9,13H,4-6H2,1-3H3/t9-/m0/s1. The fourth-order valence-electron chi connectivity index (χ4n) is 1.47. The fraction of sp³-hybridized carbons (Fsp3) is 0.583. The minimum atomic E-state index is -0.734. The molecule has 0 fully saturated rings. The minimum absolute atomic E-state index is 0.279. The second kappa shape index (κ2) is 5.70. The van der Waals surface area contributed by atoms with Gasteiger partial charge < -0.3 is 14.3 Å². The average molecular weight is 226 g/mol. The van der Waals surface area contributed by atoms with Gasteiger partial charge >= 0.3 is 5.63 Å². The van der Waals surface area contributed by atoms with Crippen molar-refractivity contribution in [2.45, 2.75) is 39.2 Å². The van der Waals surface area contributed by atoms with Crippen LogP contribution in [0.25, 0.3) is 0 Å². The first-order valence-electron chi connectivity index (χ1n) is 5.46. The van der Waals surface area contributed by atoms with E-state index in [2.05, 4.69) is 0 Å². The summed E-state index contributed by atoms with van der Waals surface area (Å²) in [4.78, 5) is 11.4. The number of hydrogen-bond donors (Lipinski definition) is 1. The molecule has 1 aromatic rings. The maximum absolute atomic E-state index is 11.4. The smallest absolute Gasteiger partial charge is 0.342 e. The van der Waals surface area contributed by atoms with Crippen LogP contribution in [0, 0.1) is 6.92 Å². The third-order valence-corrected chi connectivity index (χ3v) is 2.54. The number of hydrogen-bond acceptors (Lipinski definition) is 4. The molecule has 0 aliphatic carbocycles. The van der Waals surface area contributed by atoms with Crippen molar-refractivity contribution in [3.05, 3.63) is 27.8 Å². The summed E-state index contributed by atoms with van der Waals surface area (Å²) < 4.78 is 10.1. The lowest BCUT2D eigenvalue weighted by Gasteiger charge is -2.10. The first-order valence-corrected chi connectivity index (χ1v) is 5.46. The predicted molar refractivity (Wildman–Crippen MR) is 60.8 cm³/mol. The van der Waals surface area contributed by atoms with Gasteiger partial charge in [-0.1, -0.05) is 19.8 Å². The topological polar surface area (TPSA) is 59.7 Å². The van der Waals surface area contributed by atoms with Crippen molar-refractivity contribution in [2.75, 3.05) is 7.11 Å². The number of unbranched alkanes of at least 4 members (excludes halogenated alkanes) is 1. The number of ether oxygens (including phenoxy) is 1. The van der Waals surface area contributed by atoms with Crippen LogP contribution in [0.3, 0.4) is 0 Å². The summed E-state index contributed by atoms with van der Waals surface area (Å²) in [6, 6.07) is 1.58. The van der Waals surface area contributed by atoms with Crippen molar-refractivity contribution in [1.29, 1.82) is 0 Å². The van der Waals surface area contributed by atoms with E-state index in [-0.39, 0.29) is 5.76 Å². The Bertz CT molecular complexity index is 394. The summed E-state index contributed by atoms with van der Waals surface area (Å²) in [6.45, 7) is 3.67. The van der Waals surface area contributed by atoms with Gasteiger partial charge in [0.05, 0.1) is 12.7 Å². The largest absolute Gasteiger partial charge is 0.496 e. The molecule has 1 rings (SSSR count). The van der Waals surface area contributed by atoms with E-state index >= 15 is 0 Å². The van der Waals surface area contributed by atoms with Gasteiger partial charge in [-0.05, 0) is 13.3 Å². The number of aliphatic hydroxyl groups excluding tert-OH is 1. The molecule has 1 N–H and O–H groups in total. The summed E-state index contributed by atoms with van der Waals surface area (Å²) in [5, 5.41) is 9.80. The Morgan fingerprint density at radius 3 is 2.81 bits per heavy atom. The fourth-order valence-corrected chi connectivity index (χ4v) is 1.47. The molecule has 4 nitrogen and oxygen atoms in total. The lowest BCUT2D eigenvalue weighted by molar-refractivity contribution is 0.132.